The molecular formula is C14H11N2O4-. The molecule has 0 unspecified atom stereocenters. The van der Waals surface area contributed by atoms with Gasteiger partial charge in [-0.25, -0.2) is 0 Å². The third-order valence-corrected chi connectivity index (χ3v) is 2.57. The Bertz CT molecular complexity index is 639. The summed E-state index contributed by atoms with van der Waals surface area (Å²) in [6.07, 6.45) is 5.94. The van der Waals surface area contributed by atoms with Crippen LogP contribution in [0.2, 0.25) is 0 Å². The van der Waals surface area contributed by atoms with E-state index in [4.69, 9.17) is 10.4 Å². The highest BCUT2D eigenvalue weighted by atomic mass is 16.8. The predicted molar refractivity (Wildman–Crippen MR) is 69.5 cm³/mol. The zero-order valence-electron chi connectivity index (χ0n) is 10.3. The number of benzene rings is 1. The van der Waals surface area contributed by atoms with Gasteiger partial charge in [-0.3, -0.25) is 20.2 Å². The fourth-order valence-electron chi connectivity index (χ4n) is 1.57. The Morgan fingerprint density at radius 3 is 2.75 bits per heavy atom. The Hall–Kier alpha value is -2.70. The van der Waals surface area contributed by atoms with Gasteiger partial charge in [-0.1, -0.05) is 17.9 Å². The number of hydrogen-bond acceptors (Lipinski definition) is 6. The largest absolute Gasteiger partial charge is 0.872 e. The maximum atomic E-state index is 11.9. The van der Waals surface area contributed by atoms with Crippen LogP contribution in [-0.4, -0.2) is 21.2 Å². The first-order chi connectivity index (χ1) is 9.58. The number of allylic oxidation sites excluding steroid dienone is 1. The summed E-state index contributed by atoms with van der Waals surface area (Å²) in [4.78, 5) is 15.8. The van der Waals surface area contributed by atoms with Crippen LogP contribution in [0.15, 0.2) is 48.8 Å². The van der Waals surface area contributed by atoms with E-state index in [2.05, 4.69) is 4.98 Å². The molecule has 6 heteroatoms. The third kappa shape index (κ3) is 3.19. The minimum absolute atomic E-state index is 0.0669. The molecule has 2 rings (SSSR count). The molecule has 0 saturated carbocycles. The third-order valence-electron chi connectivity index (χ3n) is 2.57. The first-order valence-electron chi connectivity index (χ1n) is 5.69. The highest BCUT2D eigenvalue weighted by molar-refractivity contribution is 6.09. The molecule has 0 radical (unpaired) electrons. The molecule has 2 N–H and O–H groups in total. The number of nitrogens with zero attached hydrogens (tertiary/aromatic N) is 2. The quantitative estimate of drug-likeness (QED) is 0.498. The van der Waals surface area contributed by atoms with Crippen molar-refractivity contribution in [2.24, 2.45) is 0 Å². The van der Waals surface area contributed by atoms with E-state index < -0.39 is 11.5 Å². The summed E-state index contributed by atoms with van der Waals surface area (Å²) in [5, 5.41) is 29.2. The highest BCUT2D eigenvalue weighted by Crippen LogP contribution is 2.21. The predicted octanol–water partition coefficient (Wildman–Crippen LogP) is 1.64. The van der Waals surface area contributed by atoms with Gasteiger partial charge in [0.05, 0.1) is 5.69 Å². The lowest BCUT2D eigenvalue weighted by molar-refractivity contribution is -0.268. The zero-order chi connectivity index (χ0) is 14.5. The van der Waals surface area contributed by atoms with Gasteiger partial charge in [-0.05, 0) is 35.9 Å². The van der Waals surface area contributed by atoms with Crippen LogP contribution in [0.4, 0.5) is 5.69 Å². The van der Waals surface area contributed by atoms with Crippen molar-refractivity contribution in [3.63, 3.8) is 0 Å². The molecule has 0 atom stereocenters. The number of aromatic nitrogens is 1. The Morgan fingerprint density at radius 1 is 1.30 bits per heavy atom. The topological polar surface area (TPSA) is 96.7 Å². The Labute approximate surface area is 114 Å². The van der Waals surface area contributed by atoms with Gasteiger partial charge in [0.25, 0.3) is 0 Å². The lowest BCUT2D eigenvalue weighted by Gasteiger charge is -2.14. The van der Waals surface area contributed by atoms with E-state index in [1.54, 1.807) is 24.5 Å². The first kappa shape index (κ1) is 13.7. The van der Waals surface area contributed by atoms with Crippen molar-refractivity contribution in [2.75, 3.05) is 5.23 Å². The Kier molecular flexibility index (Phi) is 4.09. The van der Waals surface area contributed by atoms with Crippen LogP contribution in [0.1, 0.15) is 15.9 Å². The molecule has 0 saturated heterocycles. The summed E-state index contributed by atoms with van der Waals surface area (Å²) < 4.78 is 0. The zero-order valence-corrected chi connectivity index (χ0v) is 10.3. The summed E-state index contributed by atoms with van der Waals surface area (Å²) in [5.74, 6) is -1.01. The van der Waals surface area contributed by atoms with Gasteiger partial charge >= 0.3 is 0 Å². The average molecular weight is 271 g/mol. The summed E-state index contributed by atoms with van der Waals surface area (Å²) in [7, 11) is 0. The number of carbonyl (C=O) groups excluding carboxylic acids is 1. The van der Waals surface area contributed by atoms with Gasteiger partial charge in [-0.2, -0.15) is 0 Å². The van der Waals surface area contributed by atoms with E-state index in [0.29, 0.717) is 0 Å². The highest BCUT2D eigenvalue weighted by Gasteiger charge is 2.07. The normalized spacial score (nSPS) is 10.7. The molecule has 0 spiro atoms. The monoisotopic (exact) mass is 271 g/mol. The molecule has 0 aliphatic rings. The van der Waals surface area contributed by atoms with E-state index in [9.17, 15) is 9.90 Å². The number of anilines is 1. The van der Waals surface area contributed by atoms with Crippen LogP contribution < -0.4 is 10.3 Å². The minimum Gasteiger partial charge on any atom is -0.872 e. The van der Waals surface area contributed by atoms with Crippen LogP contribution in [0.5, 0.6) is 5.75 Å². The molecule has 0 amide bonds. The average Bonchev–Trinajstić information content (AvgIpc) is 2.46. The van der Waals surface area contributed by atoms with Crippen LogP contribution in [0, 0.1) is 0 Å². The van der Waals surface area contributed by atoms with Gasteiger partial charge in [0.1, 0.15) is 0 Å². The fourth-order valence-corrected chi connectivity index (χ4v) is 1.57. The van der Waals surface area contributed by atoms with Crippen molar-refractivity contribution in [2.45, 2.75) is 0 Å². The van der Waals surface area contributed by atoms with E-state index in [0.717, 1.165) is 17.7 Å². The summed E-state index contributed by atoms with van der Waals surface area (Å²) in [6.45, 7) is 0. The number of carbonyl (C=O) groups is 1. The lowest BCUT2D eigenvalue weighted by Crippen LogP contribution is -2.12. The second kappa shape index (κ2) is 5.96. The van der Waals surface area contributed by atoms with Gasteiger partial charge in [0.15, 0.2) is 5.78 Å². The van der Waals surface area contributed by atoms with Crippen LogP contribution in [0.25, 0.3) is 6.08 Å². The second-order valence-electron chi connectivity index (χ2n) is 3.95. The molecule has 20 heavy (non-hydrogen) atoms. The number of hydrogen-bond donors (Lipinski definition) is 2. The van der Waals surface area contributed by atoms with Crippen molar-refractivity contribution in [1.82, 2.24) is 4.98 Å². The van der Waals surface area contributed by atoms with Crippen molar-refractivity contribution >= 4 is 17.5 Å². The molecule has 2 aromatic rings. The molecule has 1 aromatic heterocycles. The lowest BCUT2D eigenvalue weighted by atomic mass is 10.1. The van der Waals surface area contributed by atoms with E-state index in [-0.39, 0.29) is 16.5 Å². The molecule has 6 nitrogen and oxygen atoms in total. The Balaban J connectivity index is 2.25. The van der Waals surface area contributed by atoms with Gasteiger partial charge in [-0.15, -0.1) is 5.23 Å². The Morgan fingerprint density at radius 2 is 2.10 bits per heavy atom. The SMILES string of the molecule is O=C(C=Cc1cccnc1)c1cc(N(O)O)ccc1[O-]. The second-order valence-corrected chi connectivity index (χ2v) is 3.95. The number of pyridine rings is 1. The first-order valence-corrected chi connectivity index (χ1v) is 5.69. The maximum Gasteiger partial charge on any atom is 0.185 e. The van der Waals surface area contributed by atoms with E-state index in [1.165, 1.54) is 18.2 Å². The molecular weight excluding hydrogens is 260 g/mol. The summed E-state index contributed by atoms with van der Waals surface area (Å²) >= 11 is 0. The molecule has 0 aliphatic carbocycles. The van der Waals surface area contributed by atoms with Crippen molar-refractivity contribution in [3.05, 3.63) is 59.9 Å². The maximum absolute atomic E-state index is 11.9. The molecule has 1 heterocycles. The van der Waals surface area contributed by atoms with E-state index in [1.807, 2.05) is 0 Å². The molecule has 102 valence electrons. The molecule has 0 bridgehead atoms. The standard InChI is InChI=1S/C14H12N2O4/c17-13(5-3-10-2-1-7-15-9-10)12-8-11(16(19)20)4-6-14(12)18/h1-9,18-20H/p-1. The van der Waals surface area contributed by atoms with Gasteiger partial charge < -0.3 is 5.11 Å². The molecule has 0 aliphatic heterocycles. The van der Waals surface area contributed by atoms with Crippen molar-refractivity contribution in [1.29, 1.82) is 0 Å². The molecule has 0 fully saturated rings. The van der Waals surface area contributed by atoms with Crippen molar-refractivity contribution < 1.29 is 20.3 Å². The van der Waals surface area contributed by atoms with Gasteiger partial charge in [0.2, 0.25) is 0 Å². The van der Waals surface area contributed by atoms with Crippen LogP contribution >= 0.6 is 0 Å². The summed E-state index contributed by atoms with van der Waals surface area (Å²) in [6, 6.07) is 6.88. The minimum atomic E-state index is -0.525. The molecule has 1 aromatic carbocycles. The van der Waals surface area contributed by atoms with Crippen LogP contribution in [-0.2, 0) is 0 Å². The van der Waals surface area contributed by atoms with Crippen LogP contribution in [0.3, 0.4) is 0 Å². The fraction of sp³-hybridized carbons (Fsp3) is 0. The number of rotatable bonds is 4. The summed E-state index contributed by atoms with van der Waals surface area (Å²) in [5.41, 5.74) is 0.508. The smallest absolute Gasteiger partial charge is 0.185 e. The van der Waals surface area contributed by atoms with E-state index >= 15 is 0 Å². The van der Waals surface area contributed by atoms with Gasteiger partial charge in [0, 0.05) is 18.0 Å². The van der Waals surface area contributed by atoms with Crippen molar-refractivity contribution in [3.8, 4) is 5.75 Å². The number of ketones is 1.